The number of rotatable bonds is 4. The number of benzene rings is 2. The van der Waals surface area contributed by atoms with Crippen molar-refractivity contribution in [2.45, 2.75) is 31.2 Å². The Morgan fingerprint density at radius 2 is 1.70 bits per heavy atom. The van der Waals surface area contributed by atoms with Gasteiger partial charge in [-0.15, -0.1) is 0 Å². The summed E-state index contributed by atoms with van der Waals surface area (Å²) in [6.07, 6.45) is 1.74. The highest BCUT2D eigenvalue weighted by atomic mass is 35.5. The van der Waals surface area contributed by atoms with Crippen LogP contribution in [0, 0.1) is 0 Å². The van der Waals surface area contributed by atoms with Gasteiger partial charge in [-0.2, -0.15) is 9.30 Å². The molecular formula is C20H19Cl2N3O3S2. The molecule has 30 heavy (non-hydrogen) atoms. The molecule has 158 valence electrons. The van der Waals surface area contributed by atoms with Crippen LogP contribution in [0.25, 0.3) is 10.2 Å². The fraction of sp³-hybridized carbons (Fsp3) is 0.300. The van der Waals surface area contributed by atoms with E-state index in [-0.39, 0.29) is 4.90 Å². The first kappa shape index (κ1) is 21.5. The maximum atomic E-state index is 12.7. The maximum Gasteiger partial charge on any atom is 0.279 e. The van der Waals surface area contributed by atoms with Gasteiger partial charge in [-0.05, 0) is 56.2 Å². The molecule has 2 heterocycles. The second-order valence-electron chi connectivity index (χ2n) is 6.89. The maximum absolute atomic E-state index is 12.7. The van der Waals surface area contributed by atoms with Crippen LogP contribution in [0.2, 0.25) is 10.0 Å². The number of nitrogens with zero attached hydrogens (tertiary/aromatic N) is 3. The average molecular weight is 484 g/mol. The number of aromatic nitrogens is 1. The minimum Gasteiger partial charge on any atom is -0.315 e. The minimum atomic E-state index is -3.52. The Morgan fingerprint density at radius 1 is 1.07 bits per heavy atom. The smallest absolute Gasteiger partial charge is 0.279 e. The van der Waals surface area contributed by atoms with Crippen LogP contribution in [0.1, 0.15) is 30.1 Å². The molecule has 3 aromatic rings. The van der Waals surface area contributed by atoms with Gasteiger partial charge in [-0.1, -0.05) is 34.5 Å². The van der Waals surface area contributed by atoms with Gasteiger partial charge in [0.15, 0.2) is 4.80 Å². The molecule has 0 N–H and O–H groups in total. The monoisotopic (exact) mass is 483 g/mol. The molecule has 6 nitrogen and oxygen atoms in total. The first-order valence-corrected chi connectivity index (χ1v) is 12.5. The van der Waals surface area contributed by atoms with Crippen LogP contribution in [0.3, 0.4) is 0 Å². The first-order valence-electron chi connectivity index (χ1n) is 9.49. The standard InChI is InChI=1S/C20H19Cl2N3O3S2/c1-2-25-17-15(21)9-10-16(22)18(17)29-20(25)23-19(26)13-5-7-14(8-6-13)30(27,28)24-11-3-4-12-24/h5-10H,2-4,11-12H2,1H3. The van der Waals surface area contributed by atoms with Crippen LogP contribution in [-0.2, 0) is 16.6 Å². The van der Waals surface area contributed by atoms with E-state index in [9.17, 15) is 13.2 Å². The van der Waals surface area contributed by atoms with Crippen LogP contribution in [0.5, 0.6) is 0 Å². The van der Waals surface area contributed by atoms with Crippen LogP contribution >= 0.6 is 34.5 Å². The number of aryl methyl sites for hydroxylation is 1. The second-order valence-corrected chi connectivity index (χ2v) is 10.6. The van der Waals surface area contributed by atoms with E-state index in [0.29, 0.717) is 40.0 Å². The summed E-state index contributed by atoms with van der Waals surface area (Å²) in [5.74, 6) is -0.457. The van der Waals surface area contributed by atoms with Crippen LogP contribution in [0.4, 0.5) is 0 Å². The van der Waals surface area contributed by atoms with E-state index in [2.05, 4.69) is 4.99 Å². The molecule has 0 bridgehead atoms. The van der Waals surface area contributed by atoms with Crippen LogP contribution in [-0.4, -0.2) is 36.3 Å². The van der Waals surface area contributed by atoms with Crippen molar-refractivity contribution in [3.8, 4) is 0 Å². The molecule has 0 aliphatic carbocycles. The van der Waals surface area contributed by atoms with Gasteiger partial charge in [0, 0.05) is 25.2 Å². The number of hydrogen-bond donors (Lipinski definition) is 0. The number of halogens is 2. The molecule has 0 spiro atoms. The summed E-state index contributed by atoms with van der Waals surface area (Å²) in [6.45, 7) is 3.57. The lowest BCUT2D eigenvalue weighted by Gasteiger charge is -2.15. The van der Waals surface area contributed by atoms with Crippen LogP contribution < -0.4 is 4.80 Å². The van der Waals surface area contributed by atoms with Crippen molar-refractivity contribution in [1.82, 2.24) is 8.87 Å². The molecule has 1 amide bonds. The van der Waals surface area contributed by atoms with Crippen molar-refractivity contribution in [1.29, 1.82) is 0 Å². The van der Waals surface area contributed by atoms with E-state index >= 15 is 0 Å². The molecule has 0 unspecified atom stereocenters. The molecule has 2 aromatic carbocycles. The lowest BCUT2D eigenvalue weighted by molar-refractivity contribution is 0.0997. The summed E-state index contributed by atoms with van der Waals surface area (Å²) in [4.78, 5) is 17.7. The molecule has 1 aliphatic heterocycles. The molecule has 0 atom stereocenters. The summed E-state index contributed by atoms with van der Waals surface area (Å²) in [6, 6.07) is 9.35. The largest absolute Gasteiger partial charge is 0.315 e. The van der Waals surface area contributed by atoms with Gasteiger partial charge in [0.1, 0.15) is 0 Å². The van der Waals surface area contributed by atoms with Crippen molar-refractivity contribution >= 4 is 60.7 Å². The van der Waals surface area contributed by atoms with Gasteiger partial charge in [0.2, 0.25) is 10.0 Å². The van der Waals surface area contributed by atoms with E-state index in [1.165, 1.54) is 39.9 Å². The van der Waals surface area contributed by atoms with Gasteiger partial charge in [-0.3, -0.25) is 4.79 Å². The van der Waals surface area contributed by atoms with Gasteiger partial charge >= 0.3 is 0 Å². The third-order valence-electron chi connectivity index (χ3n) is 5.05. The number of hydrogen-bond acceptors (Lipinski definition) is 4. The zero-order valence-corrected chi connectivity index (χ0v) is 19.3. The molecule has 0 radical (unpaired) electrons. The Labute approximate surface area is 188 Å². The topological polar surface area (TPSA) is 71.7 Å². The predicted molar refractivity (Wildman–Crippen MR) is 120 cm³/mol. The number of amides is 1. The van der Waals surface area contributed by atoms with E-state index < -0.39 is 15.9 Å². The molecule has 1 fully saturated rings. The summed E-state index contributed by atoms with van der Waals surface area (Å²) < 4.78 is 29.4. The summed E-state index contributed by atoms with van der Waals surface area (Å²) in [7, 11) is -3.52. The van der Waals surface area contributed by atoms with Crippen molar-refractivity contribution in [3.05, 3.63) is 56.8 Å². The molecule has 10 heteroatoms. The number of carbonyl (C=O) groups excluding carboxylic acids is 1. The normalized spacial score (nSPS) is 15.9. The lowest BCUT2D eigenvalue weighted by atomic mass is 10.2. The third-order valence-corrected chi connectivity index (χ3v) is 8.80. The highest BCUT2D eigenvalue weighted by Gasteiger charge is 2.27. The van der Waals surface area contributed by atoms with E-state index in [1.54, 1.807) is 12.1 Å². The van der Waals surface area contributed by atoms with Crippen LogP contribution in [0.15, 0.2) is 46.3 Å². The van der Waals surface area contributed by atoms with E-state index in [0.717, 1.165) is 23.1 Å². The SMILES string of the molecule is CCn1c(=NC(=O)c2ccc(S(=O)(=O)N3CCCC3)cc2)sc2c(Cl)ccc(Cl)c21. The Hall–Kier alpha value is -1.71. The molecule has 1 aliphatic rings. The first-order chi connectivity index (χ1) is 14.3. The fourth-order valence-electron chi connectivity index (χ4n) is 3.49. The van der Waals surface area contributed by atoms with E-state index in [1.807, 2.05) is 11.5 Å². The number of sulfonamides is 1. The lowest BCUT2D eigenvalue weighted by Crippen LogP contribution is -2.27. The summed E-state index contributed by atoms with van der Waals surface area (Å²) in [5.41, 5.74) is 1.06. The zero-order chi connectivity index (χ0) is 21.5. The second kappa shape index (κ2) is 8.43. The highest BCUT2D eigenvalue weighted by Crippen LogP contribution is 2.32. The van der Waals surface area contributed by atoms with Gasteiger partial charge in [0.05, 0.1) is 25.2 Å². The van der Waals surface area contributed by atoms with Gasteiger partial charge in [-0.25, -0.2) is 8.42 Å². The zero-order valence-electron chi connectivity index (χ0n) is 16.1. The van der Waals surface area contributed by atoms with Crippen molar-refractivity contribution < 1.29 is 13.2 Å². The molecule has 1 saturated heterocycles. The van der Waals surface area contributed by atoms with Gasteiger partial charge < -0.3 is 4.57 Å². The van der Waals surface area contributed by atoms with Crippen molar-refractivity contribution in [2.24, 2.45) is 4.99 Å². The Balaban J connectivity index is 1.70. The number of carbonyl (C=O) groups is 1. The highest BCUT2D eigenvalue weighted by molar-refractivity contribution is 7.89. The van der Waals surface area contributed by atoms with E-state index in [4.69, 9.17) is 23.2 Å². The molecule has 0 saturated carbocycles. The molecule has 1 aromatic heterocycles. The Morgan fingerprint density at radius 3 is 2.33 bits per heavy atom. The average Bonchev–Trinajstić information content (AvgIpc) is 3.40. The molecule has 4 rings (SSSR count). The summed E-state index contributed by atoms with van der Waals surface area (Å²) >= 11 is 13.9. The van der Waals surface area contributed by atoms with Gasteiger partial charge in [0.25, 0.3) is 5.91 Å². The Bertz CT molecular complexity index is 1290. The quantitative estimate of drug-likeness (QED) is 0.545. The molecular weight excluding hydrogens is 465 g/mol. The Kier molecular flexibility index (Phi) is 6.05. The minimum absolute atomic E-state index is 0.185. The summed E-state index contributed by atoms with van der Waals surface area (Å²) in [5, 5.41) is 1.09. The van der Waals surface area contributed by atoms with Crippen molar-refractivity contribution in [2.75, 3.05) is 13.1 Å². The fourth-order valence-corrected chi connectivity index (χ4v) is 6.71. The predicted octanol–water partition coefficient (Wildman–Crippen LogP) is 4.56. The van der Waals surface area contributed by atoms with Crippen molar-refractivity contribution in [3.63, 3.8) is 0 Å². The third kappa shape index (κ3) is 3.83. The number of thiazole rings is 1. The number of fused-ring (bicyclic) bond motifs is 1.